The number of hydrogen-bond acceptors (Lipinski definition) is 6. The van der Waals surface area contributed by atoms with Crippen LogP contribution in [0.4, 0.5) is 5.82 Å². The number of aromatic nitrogens is 3. The number of nitrogens with one attached hydrogen (secondary N) is 1. The summed E-state index contributed by atoms with van der Waals surface area (Å²) < 4.78 is 5.52. The Hall–Kier alpha value is -3.74. The van der Waals surface area contributed by atoms with Crippen LogP contribution in [0, 0.1) is 20.8 Å². The quantitative estimate of drug-likeness (QED) is 0.529. The Morgan fingerprint density at radius 3 is 2.70 bits per heavy atom. The van der Waals surface area contributed by atoms with Crippen molar-refractivity contribution in [2.75, 3.05) is 5.73 Å². The molecule has 3 N–H and O–H groups in total. The predicted octanol–water partition coefficient (Wildman–Crippen LogP) is 3.65. The van der Waals surface area contributed by atoms with Crippen molar-refractivity contribution in [2.24, 2.45) is 0 Å². The van der Waals surface area contributed by atoms with Gasteiger partial charge in [0, 0.05) is 29.7 Å². The number of anilines is 1. The van der Waals surface area contributed by atoms with Gasteiger partial charge in [0.25, 0.3) is 5.91 Å². The van der Waals surface area contributed by atoms with Crippen LogP contribution < -0.4 is 11.1 Å². The first-order valence-corrected chi connectivity index (χ1v) is 9.70. The number of benzene rings is 1. The summed E-state index contributed by atoms with van der Waals surface area (Å²) in [7, 11) is 0. The molecule has 0 saturated carbocycles. The molecule has 4 aromatic rings. The summed E-state index contributed by atoms with van der Waals surface area (Å²) in [5.74, 6) is 0.667. The molecular formula is C23H23N5O2. The van der Waals surface area contributed by atoms with Gasteiger partial charge in [0.1, 0.15) is 12.1 Å². The fourth-order valence-corrected chi connectivity index (χ4v) is 3.47. The molecule has 152 valence electrons. The van der Waals surface area contributed by atoms with Crippen molar-refractivity contribution in [1.29, 1.82) is 0 Å². The number of hydrogen-bond donors (Lipinski definition) is 2. The van der Waals surface area contributed by atoms with Gasteiger partial charge in [-0.2, -0.15) is 0 Å². The van der Waals surface area contributed by atoms with Crippen LogP contribution >= 0.6 is 0 Å². The molecule has 0 unspecified atom stereocenters. The summed E-state index contributed by atoms with van der Waals surface area (Å²) in [6.45, 7) is 6.14. The molecule has 3 aromatic heterocycles. The maximum atomic E-state index is 12.5. The molecule has 0 bridgehead atoms. The molecule has 7 nitrogen and oxygen atoms in total. The second kappa shape index (κ2) is 7.94. The minimum absolute atomic E-state index is 0.252. The van der Waals surface area contributed by atoms with Gasteiger partial charge in [-0.15, -0.1) is 0 Å². The van der Waals surface area contributed by atoms with Gasteiger partial charge in [0.05, 0.1) is 5.52 Å². The van der Waals surface area contributed by atoms with Gasteiger partial charge >= 0.3 is 0 Å². The van der Waals surface area contributed by atoms with E-state index in [0.29, 0.717) is 24.7 Å². The number of amides is 1. The van der Waals surface area contributed by atoms with Crippen LogP contribution in [-0.4, -0.2) is 20.9 Å². The lowest BCUT2D eigenvalue weighted by molar-refractivity contribution is 0.0945. The highest BCUT2D eigenvalue weighted by molar-refractivity contribution is 5.91. The molecule has 4 rings (SSSR count). The van der Waals surface area contributed by atoms with Crippen molar-refractivity contribution < 1.29 is 9.21 Å². The summed E-state index contributed by atoms with van der Waals surface area (Å²) in [4.78, 5) is 25.6. The van der Waals surface area contributed by atoms with Crippen LogP contribution in [0.1, 0.15) is 44.5 Å². The minimum atomic E-state index is -0.293. The molecule has 1 aromatic carbocycles. The van der Waals surface area contributed by atoms with Gasteiger partial charge in [-0.25, -0.2) is 9.97 Å². The SMILES string of the molecule is Cc1ccc2cc(Cc3nc(C(=O)NCc4c(C)cc(N)nc4C)co3)ccc2n1. The van der Waals surface area contributed by atoms with Crippen molar-refractivity contribution >= 4 is 22.6 Å². The highest BCUT2D eigenvalue weighted by atomic mass is 16.3. The number of nitrogen functional groups attached to an aromatic ring is 1. The number of fused-ring (bicyclic) bond motifs is 1. The van der Waals surface area contributed by atoms with Crippen molar-refractivity contribution in [3.05, 3.63) is 82.3 Å². The van der Waals surface area contributed by atoms with Gasteiger partial charge in [0.15, 0.2) is 11.6 Å². The number of carbonyl (C=O) groups excluding carboxylic acids is 1. The maximum absolute atomic E-state index is 12.5. The number of aryl methyl sites for hydroxylation is 3. The van der Waals surface area contributed by atoms with Gasteiger partial charge < -0.3 is 15.5 Å². The Morgan fingerprint density at radius 2 is 1.90 bits per heavy atom. The minimum Gasteiger partial charge on any atom is -0.448 e. The predicted molar refractivity (Wildman–Crippen MR) is 115 cm³/mol. The summed E-state index contributed by atoms with van der Waals surface area (Å²) in [6.07, 6.45) is 1.88. The second-order valence-corrected chi connectivity index (χ2v) is 7.39. The average molecular weight is 401 g/mol. The molecule has 0 fully saturated rings. The molecule has 1 amide bonds. The number of nitrogens with two attached hydrogens (primary N) is 1. The lowest BCUT2D eigenvalue weighted by Gasteiger charge is -2.10. The Kier molecular flexibility index (Phi) is 5.18. The van der Waals surface area contributed by atoms with Crippen molar-refractivity contribution in [3.8, 4) is 0 Å². The molecule has 0 aliphatic carbocycles. The molecular weight excluding hydrogens is 378 g/mol. The fourth-order valence-electron chi connectivity index (χ4n) is 3.47. The van der Waals surface area contributed by atoms with Crippen LogP contribution in [0.5, 0.6) is 0 Å². The van der Waals surface area contributed by atoms with E-state index in [-0.39, 0.29) is 11.6 Å². The van der Waals surface area contributed by atoms with Gasteiger partial charge in [0.2, 0.25) is 0 Å². The van der Waals surface area contributed by atoms with E-state index in [9.17, 15) is 4.79 Å². The molecule has 0 spiro atoms. The lowest BCUT2D eigenvalue weighted by Crippen LogP contribution is -2.24. The van der Waals surface area contributed by atoms with E-state index in [1.165, 1.54) is 6.26 Å². The van der Waals surface area contributed by atoms with Gasteiger partial charge in [-0.3, -0.25) is 9.78 Å². The summed E-state index contributed by atoms with van der Waals surface area (Å²) >= 11 is 0. The Morgan fingerprint density at radius 1 is 1.07 bits per heavy atom. The topological polar surface area (TPSA) is 107 Å². The van der Waals surface area contributed by atoms with Crippen molar-refractivity contribution in [2.45, 2.75) is 33.7 Å². The third-order valence-corrected chi connectivity index (χ3v) is 5.03. The Labute approximate surface area is 174 Å². The van der Waals surface area contributed by atoms with Crippen LogP contribution in [-0.2, 0) is 13.0 Å². The molecule has 0 saturated heterocycles. The van der Waals surface area contributed by atoms with E-state index >= 15 is 0 Å². The first-order chi connectivity index (χ1) is 14.4. The Bertz CT molecular complexity index is 1220. The second-order valence-electron chi connectivity index (χ2n) is 7.39. The van der Waals surface area contributed by atoms with Crippen LogP contribution in [0.2, 0.25) is 0 Å². The zero-order valence-corrected chi connectivity index (χ0v) is 17.2. The molecule has 3 heterocycles. The van der Waals surface area contributed by atoms with Crippen LogP contribution in [0.25, 0.3) is 10.9 Å². The zero-order valence-electron chi connectivity index (χ0n) is 17.2. The molecule has 0 atom stereocenters. The van der Waals surface area contributed by atoms with E-state index in [4.69, 9.17) is 10.2 Å². The van der Waals surface area contributed by atoms with Crippen LogP contribution in [0.15, 0.2) is 47.1 Å². The summed E-state index contributed by atoms with van der Waals surface area (Å²) in [5.41, 5.74) is 11.7. The van der Waals surface area contributed by atoms with E-state index in [1.54, 1.807) is 6.07 Å². The normalized spacial score (nSPS) is 11.0. The number of rotatable bonds is 5. The molecule has 0 radical (unpaired) electrons. The van der Waals surface area contributed by atoms with E-state index in [2.05, 4.69) is 26.3 Å². The first-order valence-electron chi connectivity index (χ1n) is 9.70. The maximum Gasteiger partial charge on any atom is 0.273 e. The molecule has 0 aliphatic heterocycles. The third-order valence-electron chi connectivity index (χ3n) is 5.03. The van der Waals surface area contributed by atoms with Crippen molar-refractivity contribution in [1.82, 2.24) is 20.3 Å². The number of pyridine rings is 2. The lowest BCUT2D eigenvalue weighted by atomic mass is 10.1. The van der Waals surface area contributed by atoms with Crippen molar-refractivity contribution in [3.63, 3.8) is 0 Å². The molecule has 0 aliphatic rings. The number of nitrogens with zero attached hydrogens (tertiary/aromatic N) is 3. The third kappa shape index (κ3) is 4.15. The smallest absolute Gasteiger partial charge is 0.273 e. The van der Waals surface area contributed by atoms with Crippen LogP contribution in [0.3, 0.4) is 0 Å². The van der Waals surface area contributed by atoms with Gasteiger partial charge in [-0.05, 0) is 61.7 Å². The zero-order chi connectivity index (χ0) is 21.3. The summed E-state index contributed by atoms with van der Waals surface area (Å²) in [5, 5.41) is 3.93. The molecule has 30 heavy (non-hydrogen) atoms. The fraction of sp³-hybridized carbons (Fsp3) is 0.217. The number of oxazole rings is 1. The van der Waals surface area contributed by atoms with Gasteiger partial charge in [-0.1, -0.05) is 12.1 Å². The van der Waals surface area contributed by atoms with E-state index < -0.39 is 0 Å². The van der Waals surface area contributed by atoms with E-state index in [1.807, 2.05) is 45.0 Å². The Balaban J connectivity index is 1.43. The number of carbonyl (C=O) groups is 1. The standard InChI is InChI=1S/C23H23N5O2/c1-13-8-21(24)27-15(3)18(13)11-25-23(29)20-12-30-22(28-20)10-16-5-7-19-17(9-16)6-4-14(2)26-19/h4-9,12H,10-11H2,1-3H3,(H2,24,27)(H,25,29). The first kappa shape index (κ1) is 19.6. The summed E-state index contributed by atoms with van der Waals surface area (Å²) in [6, 6.07) is 11.9. The largest absolute Gasteiger partial charge is 0.448 e. The monoisotopic (exact) mass is 401 g/mol. The molecule has 7 heteroatoms. The van der Waals surface area contributed by atoms with E-state index in [0.717, 1.165) is 39.0 Å². The highest BCUT2D eigenvalue weighted by Gasteiger charge is 2.14. The average Bonchev–Trinajstić information content (AvgIpc) is 3.15. The highest BCUT2D eigenvalue weighted by Crippen LogP contribution is 2.18.